The Morgan fingerprint density at radius 2 is 1.82 bits per heavy atom. The van der Waals surface area contributed by atoms with Gasteiger partial charge in [0.2, 0.25) is 0 Å². The Labute approximate surface area is 168 Å². The van der Waals surface area contributed by atoms with Crippen LogP contribution in [-0.2, 0) is 4.79 Å². The van der Waals surface area contributed by atoms with Gasteiger partial charge in [0.05, 0.1) is 13.3 Å². The summed E-state index contributed by atoms with van der Waals surface area (Å²) in [5, 5.41) is 4.59. The predicted molar refractivity (Wildman–Crippen MR) is 110 cm³/mol. The smallest absolute Gasteiger partial charge is 0.277 e. The molecule has 0 bridgehead atoms. The third kappa shape index (κ3) is 5.14. The van der Waals surface area contributed by atoms with Crippen molar-refractivity contribution < 1.29 is 14.3 Å². The van der Waals surface area contributed by atoms with Gasteiger partial charge in [0, 0.05) is 28.2 Å². The lowest BCUT2D eigenvalue weighted by atomic mass is 10.3. The number of halogens is 1. The number of hydrogen-bond donors (Lipinski definition) is 1. The van der Waals surface area contributed by atoms with Crippen LogP contribution in [0.4, 0.5) is 0 Å². The molecule has 1 aromatic heterocycles. The highest BCUT2D eigenvalue weighted by Crippen LogP contribution is 2.18. The van der Waals surface area contributed by atoms with Crippen molar-refractivity contribution >= 4 is 23.7 Å². The van der Waals surface area contributed by atoms with Gasteiger partial charge in [-0.25, -0.2) is 5.43 Å². The van der Waals surface area contributed by atoms with Crippen LogP contribution in [0.25, 0.3) is 5.69 Å². The molecule has 0 atom stereocenters. The maximum atomic E-state index is 11.8. The largest absolute Gasteiger partial charge is 0.497 e. The molecular weight excluding hydrogens is 378 g/mol. The minimum absolute atomic E-state index is 0.134. The zero-order valence-electron chi connectivity index (χ0n) is 15.6. The molecule has 0 unspecified atom stereocenters. The number of hydrogen-bond acceptors (Lipinski definition) is 4. The summed E-state index contributed by atoms with van der Waals surface area (Å²) >= 11 is 5.81. The second-order valence-corrected chi connectivity index (χ2v) is 6.46. The SMILES string of the molecule is COc1ccc(-n2cc(/C=N\NC(=O)COc3ccc(Cl)cc3)cc2C)cc1. The molecule has 3 aromatic rings. The number of benzene rings is 2. The van der Waals surface area contributed by atoms with Crippen molar-refractivity contribution in [3.05, 3.63) is 77.1 Å². The summed E-state index contributed by atoms with van der Waals surface area (Å²) in [7, 11) is 1.64. The van der Waals surface area contributed by atoms with E-state index in [1.165, 1.54) is 0 Å². The topological polar surface area (TPSA) is 64.8 Å². The van der Waals surface area contributed by atoms with Gasteiger partial charge in [-0.15, -0.1) is 0 Å². The molecule has 2 aromatic carbocycles. The lowest BCUT2D eigenvalue weighted by molar-refractivity contribution is -0.123. The number of ether oxygens (including phenoxy) is 2. The molecule has 0 spiro atoms. The van der Waals surface area contributed by atoms with Gasteiger partial charge in [-0.3, -0.25) is 4.79 Å². The van der Waals surface area contributed by atoms with E-state index in [1.807, 2.05) is 48.0 Å². The maximum Gasteiger partial charge on any atom is 0.277 e. The number of carbonyl (C=O) groups is 1. The summed E-state index contributed by atoms with van der Waals surface area (Å²) in [5.74, 6) is 1.02. The van der Waals surface area contributed by atoms with Crippen LogP contribution < -0.4 is 14.9 Å². The van der Waals surface area contributed by atoms with Crippen LogP contribution in [0.15, 0.2) is 65.9 Å². The van der Waals surface area contributed by atoms with Crippen LogP contribution in [-0.4, -0.2) is 30.4 Å². The maximum absolute atomic E-state index is 11.8. The van der Waals surface area contributed by atoms with Gasteiger partial charge >= 0.3 is 0 Å². The highest BCUT2D eigenvalue weighted by Gasteiger charge is 2.05. The van der Waals surface area contributed by atoms with E-state index in [1.54, 1.807) is 37.6 Å². The lowest BCUT2D eigenvalue weighted by Gasteiger charge is -2.06. The van der Waals surface area contributed by atoms with Crippen molar-refractivity contribution in [3.8, 4) is 17.2 Å². The Morgan fingerprint density at radius 1 is 1.14 bits per heavy atom. The van der Waals surface area contributed by atoms with E-state index >= 15 is 0 Å². The summed E-state index contributed by atoms with van der Waals surface area (Å²) in [5.41, 5.74) is 5.38. The van der Waals surface area contributed by atoms with E-state index < -0.39 is 0 Å². The van der Waals surface area contributed by atoms with Crippen molar-refractivity contribution in [2.24, 2.45) is 5.10 Å². The van der Waals surface area contributed by atoms with E-state index in [-0.39, 0.29) is 12.5 Å². The molecule has 1 N–H and O–H groups in total. The van der Waals surface area contributed by atoms with Crippen molar-refractivity contribution in [2.75, 3.05) is 13.7 Å². The van der Waals surface area contributed by atoms with Gasteiger partial charge in [0.15, 0.2) is 6.61 Å². The molecule has 7 heteroatoms. The molecular formula is C21H20ClN3O3. The molecule has 0 aliphatic carbocycles. The van der Waals surface area contributed by atoms with Gasteiger partial charge in [0.25, 0.3) is 5.91 Å². The molecule has 1 heterocycles. The molecule has 3 rings (SSSR count). The minimum Gasteiger partial charge on any atom is -0.497 e. The zero-order valence-corrected chi connectivity index (χ0v) is 16.3. The predicted octanol–water partition coefficient (Wildman–Crippen LogP) is 3.98. The van der Waals surface area contributed by atoms with Crippen molar-refractivity contribution in [1.82, 2.24) is 9.99 Å². The number of rotatable bonds is 7. The Kier molecular flexibility index (Phi) is 6.34. The number of hydrazone groups is 1. The Morgan fingerprint density at radius 3 is 2.50 bits per heavy atom. The van der Waals surface area contributed by atoms with Crippen molar-refractivity contribution in [3.63, 3.8) is 0 Å². The third-order valence-corrected chi connectivity index (χ3v) is 4.22. The van der Waals surface area contributed by atoms with Gasteiger partial charge < -0.3 is 14.0 Å². The van der Waals surface area contributed by atoms with E-state index in [2.05, 4.69) is 10.5 Å². The average molecular weight is 398 g/mol. The number of aryl methyl sites for hydroxylation is 1. The van der Waals surface area contributed by atoms with Crippen LogP contribution >= 0.6 is 11.6 Å². The molecule has 0 aliphatic rings. The second-order valence-electron chi connectivity index (χ2n) is 6.02. The van der Waals surface area contributed by atoms with E-state index in [4.69, 9.17) is 21.1 Å². The summed E-state index contributed by atoms with van der Waals surface area (Å²) in [4.78, 5) is 11.8. The fourth-order valence-corrected chi connectivity index (χ4v) is 2.71. The molecule has 6 nitrogen and oxygen atoms in total. The average Bonchev–Trinajstić information content (AvgIpc) is 3.08. The zero-order chi connectivity index (χ0) is 19.9. The van der Waals surface area contributed by atoms with Gasteiger partial charge in [-0.1, -0.05) is 11.6 Å². The lowest BCUT2D eigenvalue weighted by Crippen LogP contribution is -2.24. The molecule has 0 saturated carbocycles. The van der Waals surface area contributed by atoms with Gasteiger partial charge in [0.1, 0.15) is 11.5 Å². The molecule has 0 fully saturated rings. The Hall–Kier alpha value is -3.25. The minimum atomic E-state index is -0.350. The molecule has 28 heavy (non-hydrogen) atoms. The van der Waals surface area contributed by atoms with Crippen molar-refractivity contribution in [1.29, 1.82) is 0 Å². The quantitative estimate of drug-likeness (QED) is 0.484. The summed E-state index contributed by atoms with van der Waals surface area (Å²) < 4.78 is 12.6. The first-order valence-electron chi connectivity index (χ1n) is 8.59. The fourth-order valence-electron chi connectivity index (χ4n) is 2.58. The number of nitrogens with zero attached hydrogens (tertiary/aromatic N) is 2. The van der Waals surface area contributed by atoms with Crippen LogP contribution in [0.2, 0.25) is 5.02 Å². The molecule has 0 saturated heterocycles. The molecule has 1 amide bonds. The Bertz CT molecular complexity index is 964. The Balaban J connectivity index is 1.55. The normalized spacial score (nSPS) is 10.8. The molecule has 144 valence electrons. The summed E-state index contributed by atoms with van der Waals surface area (Å²) in [6.45, 7) is 1.87. The second kappa shape index (κ2) is 9.10. The standard InChI is InChI=1S/C21H20ClN3O3/c1-15-11-16(13-25(15)18-5-9-19(27-2)10-6-18)12-23-24-21(26)14-28-20-7-3-17(22)4-8-20/h3-13H,14H2,1-2H3,(H,24,26)/b23-12-. The number of aromatic nitrogens is 1. The van der Waals surface area contributed by atoms with Crippen LogP contribution in [0.3, 0.4) is 0 Å². The highest BCUT2D eigenvalue weighted by atomic mass is 35.5. The van der Waals surface area contributed by atoms with E-state index in [0.717, 1.165) is 22.7 Å². The van der Waals surface area contributed by atoms with Gasteiger partial charge in [-0.2, -0.15) is 5.10 Å². The van der Waals surface area contributed by atoms with Crippen molar-refractivity contribution in [2.45, 2.75) is 6.92 Å². The third-order valence-electron chi connectivity index (χ3n) is 3.97. The van der Waals surface area contributed by atoms with Gasteiger partial charge in [-0.05, 0) is 61.5 Å². The van der Waals surface area contributed by atoms with E-state index in [0.29, 0.717) is 10.8 Å². The first kappa shape index (κ1) is 19.5. The fraction of sp³-hybridized carbons (Fsp3) is 0.143. The van der Waals surface area contributed by atoms with Crippen LogP contribution in [0.5, 0.6) is 11.5 Å². The highest BCUT2D eigenvalue weighted by molar-refractivity contribution is 6.30. The number of nitrogens with one attached hydrogen (secondary N) is 1. The first-order chi connectivity index (χ1) is 13.5. The monoisotopic (exact) mass is 397 g/mol. The summed E-state index contributed by atoms with van der Waals surface area (Å²) in [6, 6.07) is 16.5. The number of amides is 1. The molecule has 0 aliphatic heterocycles. The number of methoxy groups -OCH3 is 1. The molecule has 0 radical (unpaired) electrons. The van der Waals surface area contributed by atoms with Crippen LogP contribution in [0, 0.1) is 6.92 Å². The van der Waals surface area contributed by atoms with Crippen LogP contribution in [0.1, 0.15) is 11.3 Å². The summed E-state index contributed by atoms with van der Waals surface area (Å²) in [6.07, 6.45) is 3.53. The number of carbonyl (C=O) groups excluding carboxylic acids is 1. The first-order valence-corrected chi connectivity index (χ1v) is 8.96. The van der Waals surface area contributed by atoms with E-state index in [9.17, 15) is 4.79 Å².